The van der Waals surface area contributed by atoms with Crippen LogP contribution < -0.4 is 0 Å². The number of alkyl halides is 3. The fourth-order valence-corrected chi connectivity index (χ4v) is 1.90. The van der Waals surface area contributed by atoms with Crippen LogP contribution in [-0.4, -0.2) is 18.1 Å². The van der Waals surface area contributed by atoms with Crippen molar-refractivity contribution in [2.75, 3.05) is 7.11 Å². The Labute approximate surface area is 104 Å². The molecular formula is C10H9BrF3NO2. The third kappa shape index (κ3) is 3.18. The van der Waals surface area contributed by atoms with E-state index >= 15 is 0 Å². The van der Waals surface area contributed by atoms with Crippen LogP contribution in [0.25, 0.3) is 0 Å². The van der Waals surface area contributed by atoms with Crippen LogP contribution in [0.5, 0.6) is 0 Å². The van der Waals surface area contributed by atoms with E-state index in [1.165, 1.54) is 0 Å². The lowest BCUT2D eigenvalue weighted by molar-refractivity contribution is -0.139. The highest BCUT2D eigenvalue weighted by Crippen LogP contribution is 2.27. The molecular weight excluding hydrogens is 303 g/mol. The van der Waals surface area contributed by atoms with E-state index < -0.39 is 30.3 Å². The van der Waals surface area contributed by atoms with Crippen molar-refractivity contribution >= 4 is 21.9 Å². The van der Waals surface area contributed by atoms with Crippen molar-refractivity contribution < 1.29 is 22.7 Å². The van der Waals surface area contributed by atoms with Gasteiger partial charge in [0.1, 0.15) is 0 Å². The number of esters is 1. The number of ether oxygens (including phenoxy) is 1. The molecule has 0 bridgehead atoms. The number of halogens is 4. The Morgan fingerprint density at radius 1 is 1.53 bits per heavy atom. The standard InChI is InChI=1S/C10H9BrF3NO2/c1-17-8(16)2-5-6(3-11)10(14)15-4-7(5)9(12)13/h4,9H,2-3H2,1H3. The summed E-state index contributed by atoms with van der Waals surface area (Å²) in [5.41, 5.74) is -0.573. The van der Waals surface area contributed by atoms with Crippen molar-refractivity contribution in [1.29, 1.82) is 0 Å². The van der Waals surface area contributed by atoms with Crippen molar-refractivity contribution in [3.05, 3.63) is 28.8 Å². The first-order valence-electron chi connectivity index (χ1n) is 4.58. The molecule has 1 aromatic heterocycles. The summed E-state index contributed by atoms with van der Waals surface area (Å²) in [7, 11) is 1.13. The van der Waals surface area contributed by atoms with Crippen LogP contribution in [0.3, 0.4) is 0 Å². The van der Waals surface area contributed by atoms with Gasteiger partial charge >= 0.3 is 5.97 Å². The van der Waals surface area contributed by atoms with Gasteiger partial charge in [-0.1, -0.05) is 15.9 Å². The first-order valence-corrected chi connectivity index (χ1v) is 5.70. The number of methoxy groups -OCH3 is 1. The van der Waals surface area contributed by atoms with E-state index in [-0.39, 0.29) is 16.5 Å². The zero-order valence-corrected chi connectivity index (χ0v) is 10.4. The summed E-state index contributed by atoms with van der Waals surface area (Å²) < 4.78 is 43.1. The Hall–Kier alpha value is -1.11. The van der Waals surface area contributed by atoms with E-state index in [9.17, 15) is 18.0 Å². The van der Waals surface area contributed by atoms with Crippen LogP contribution in [0.4, 0.5) is 13.2 Å². The molecule has 0 unspecified atom stereocenters. The largest absolute Gasteiger partial charge is 0.469 e. The molecule has 0 N–H and O–H groups in total. The Kier molecular flexibility index (Phi) is 4.92. The molecule has 0 aliphatic carbocycles. The minimum Gasteiger partial charge on any atom is -0.469 e. The van der Waals surface area contributed by atoms with E-state index in [1.807, 2.05) is 0 Å². The Bertz CT molecular complexity index is 426. The van der Waals surface area contributed by atoms with Gasteiger partial charge in [-0.2, -0.15) is 4.39 Å². The summed E-state index contributed by atoms with van der Waals surface area (Å²) >= 11 is 2.98. The average molecular weight is 312 g/mol. The molecule has 1 rings (SSSR count). The molecule has 0 radical (unpaired) electrons. The molecule has 1 heterocycles. The SMILES string of the molecule is COC(=O)Cc1c(C(F)F)cnc(F)c1CBr. The summed E-state index contributed by atoms with van der Waals surface area (Å²) in [6, 6.07) is 0. The molecule has 0 aliphatic heterocycles. The lowest BCUT2D eigenvalue weighted by Gasteiger charge is -2.12. The molecule has 17 heavy (non-hydrogen) atoms. The second-order valence-corrected chi connectivity index (χ2v) is 3.71. The monoisotopic (exact) mass is 311 g/mol. The highest BCUT2D eigenvalue weighted by atomic mass is 79.9. The van der Waals surface area contributed by atoms with Gasteiger partial charge in [0.15, 0.2) is 0 Å². The Morgan fingerprint density at radius 3 is 2.65 bits per heavy atom. The first-order chi connectivity index (χ1) is 8.01. The van der Waals surface area contributed by atoms with Gasteiger partial charge in [-0.25, -0.2) is 13.8 Å². The molecule has 0 aliphatic rings. The zero-order valence-electron chi connectivity index (χ0n) is 8.84. The van der Waals surface area contributed by atoms with Gasteiger partial charge in [-0.15, -0.1) is 0 Å². The van der Waals surface area contributed by atoms with Crippen molar-refractivity contribution in [3.8, 4) is 0 Å². The summed E-state index contributed by atoms with van der Waals surface area (Å²) in [5, 5.41) is -0.00127. The Morgan fingerprint density at radius 2 is 2.18 bits per heavy atom. The minimum absolute atomic E-state index is 0.00127. The third-order valence-electron chi connectivity index (χ3n) is 2.20. The molecule has 1 aromatic rings. The maximum absolute atomic E-state index is 13.3. The lowest BCUT2D eigenvalue weighted by atomic mass is 10.0. The van der Waals surface area contributed by atoms with E-state index in [0.29, 0.717) is 0 Å². The number of hydrogen-bond donors (Lipinski definition) is 0. The fourth-order valence-electron chi connectivity index (χ4n) is 1.33. The fraction of sp³-hybridized carbons (Fsp3) is 0.400. The van der Waals surface area contributed by atoms with Crippen LogP contribution in [-0.2, 0) is 21.3 Å². The highest BCUT2D eigenvalue weighted by molar-refractivity contribution is 9.08. The maximum Gasteiger partial charge on any atom is 0.310 e. The van der Waals surface area contributed by atoms with Gasteiger partial charge < -0.3 is 4.74 Å². The number of carbonyl (C=O) groups is 1. The molecule has 0 amide bonds. The molecule has 0 atom stereocenters. The summed E-state index contributed by atoms with van der Waals surface area (Å²) in [4.78, 5) is 14.3. The number of nitrogens with zero attached hydrogens (tertiary/aromatic N) is 1. The quantitative estimate of drug-likeness (QED) is 0.487. The summed E-state index contributed by atoms with van der Waals surface area (Å²) in [5.74, 6) is -1.58. The van der Waals surface area contributed by atoms with Gasteiger partial charge in [0.25, 0.3) is 6.43 Å². The van der Waals surface area contributed by atoms with E-state index in [4.69, 9.17) is 0 Å². The molecule has 94 valence electrons. The minimum atomic E-state index is -2.82. The maximum atomic E-state index is 13.3. The Balaban J connectivity index is 3.28. The number of rotatable bonds is 4. The second-order valence-electron chi connectivity index (χ2n) is 3.15. The van der Waals surface area contributed by atoms with E-state index in [1.54, 1.807) is 0 Å². The first kappa shape index (κ1) is 14.0. The lowest BCUT2D eigenvalue weighted by Crippen LogP contribution is -2.12. The van der Waals surface area contributed by atoms with Crippen LogP contribution in [0, 0.1) is 5.95 Å². The molecule has 7 heteroatoms. The van der Waals surface area contributed by atoms with Gasteiger partial charge in [0.2, 0.25) is 5.95 Å². The molecule has 0 saturated carbocycles. The number of aromatic nitrogens is 1. The van der Waals surface area contributed by atoms with Gasteiger partial charge in [0.05, 0.1) is 13.5 Å². The normalized spacial score (nSPS) is 10.7. The zero-order chi connectivity index (χ0) is 13.0. The van der Waals surface area contributed by atoms with Crippen molar-refractivity contribution in [2.24, 2.45) is 0 Å². The number of pyridine rings is 1. The number of hydrogen-bond acceptors (Lipinski definition) is 3. The summed E-state index contributed by atoms with van der Waals surface area (Å²) in [6.07, 6.45) is -2.48. The van der Waals surface area contributed by atoms with Crippen molar-refractivity contribution in [1.82, 2.24) is 4.98 Å². The van der Waals surface area contributed by atoms with Crippen molar-refractivity contribution in [3.63, 3.8) is 0 Å². The predicted molar refractivity (Wildman–Crippen MR) is 57.5 cm³/mol. The summed E-state index contributed by atoms with van der Waals surface area (Å²) in [6.45, 7) is 0. The topological polar surface area (TPSA) is 39.2 Å². The van der Waals surface area contributed by atoms with Crippen molar-refractivity contribution in [2.45, 2.75) is 18.2 Å². The smallest absolute Gasteiger partial charge is 0.310 e. The number of carbonyl (C=O) groups excluding carboxylic acids is 1. The van der Waals surface area contributed by atoms with Crippen LogP contribution in [0.1, 0.15) is 23.1 Å². The molecule has 3 nitrogen and oxygen atoms in total. The van der Waals surface area contributed by atoms with Gasteiger partial charge in [0, 0.05) is 22.7 Å². The molecule has 0 saturated heterocycles. The molecule has 0 fully saturated rings. The van der Waals surface area contributed by atoms with Crippen LogP contribution in [0.15, 0.2) is 6.20 Å². The second kappa shape index (κ2) is 6.00. The van der Waals surface area contributed by atoms with Crippen LogP contribution >= 0.6 is 15.9 Å². The van der Waals surface area contributed by atoms with Gasteiger partial charge in [-0.05, 0) is 5.56 Å². The van der Waals surface area contributed by atoms with Crippen LogP contribution in [0.2, 0.25) is 0 Å². The molecule has 0 aromatic carbocycles. The highest BCUT2D eigenvalue weighted by Gasteiger charge is 2.22. The average Bonchev–Trinajstić information content (AvgIpc) is 2.28. The van der Waals surface area contributed by atoms with Gasteiger partial charge in [-0.3, -0.25) is 4.79 Å². The third-order valence-corrected chi connectivity index (χ3v) is 2.76. The van der Waals surface area contributed by atoms with E-state index in [2.05, 4.69) is 25.7 Å². The predicted octanol–water partition coefficient (Wildman–Crippen LogP) is 2.77. The molecule has 0 spiro atoms. The van der Waals surface area contributed by atoms with E-state index in [0.717, 1.165) is 13.3 Å².